The zero-order chi connectivity index (χ0) is 10.7. The highest BCUT2D eigenvalue weighted by atomic mass is 14.9. The van der Waals surface area contributed by atoms with E-state index in [1.54, 1.807) is 0 Å². The second kappa shape index (κ2) is 4.36. The largest absolute Gasteiger partial charge is 0.317 e. The molecule has 1 aromatic carbocycles. The highest BCUT2D eigenvalue weighted by Crippen LogP contribution is 2.31. The van der Waals surface area contributed by atoms with Gasteiger partial charge in [-0.1, -0.05) is 36.8 Å². The van der Waals surface area contributed by atoms with Gasteiger partial charge in [0, 0.05) is 0 Å². The van der Waals surface area contributed by atoms with Crippen molar-refractivity contribution in [2.24, 2.45) is 5.41 Å². The molecule has 0 radical (unpaired) electrons. The molecule has 0 saturated carbocycles. The van der Waals surface area contributed by atoms with Crippen molar-refractivity contribution in [1.82, 2.24) is 5.32 Å². The first-order chi connectivity index (χ1) is 7.18. The van der Waals surface area contributed by atoms with Crippen LogP contribution in [0, 0.1) is 12.3 Å². The fraction of sp³-hybridized carbons (Fsp3) is 0.571. The molecule has 15 heavy (non-hydrogen) atoms. The maximum absolute atomic E-state index is 3.43. The second-order valence-corrected chi connectivity index (χ2v) is 5.22. The highest BCUT2D eigenvalue weighted by molar-refractivity contribution is 5.22. The average molecular weight is 203 g/mol. The zero-order valence-corrected chi connectivity index (χ0v) is 9.84. The van der Waals surface area contributed by atoms with E-state index in [0.717, 1.165) is 0 Å². The standard InChI is InChI=1S/C14H21N/c1-12-3-5-13(6-4-12)11-14(2)7-9-15-10-8-14/h3-6,15H,7-11H2,1-2H3. The van der Waals surface area contributed by atoms with Crippen LogP contribution in [0.1, 0.15) is 30.9 Å². The maximum atomic E-state index is 3.43. The molecule has 1 aromatic rings. The Hall–Kier alpha value is -0.820. The molecule has 0 unspecified atom stereocenters. The normalized spacial score (nSPS) is 20.1. The minimum atomic E-state index is 0.514. The van der Waals surface area contributed by atoms with Crippen molar-refractivity contribution in [3.05, 3.63) is 35.4 Å². The van der Waals surface area contributed by atoms with Gasteiger partial charge in [0.25, 0.3) is 0 Å². The lowest BCUT2D eigenvalue weighted by Gasteiger charge is -2.34. The molecular formula is C14H21N. The third kappa shape index (κ3) is 2.82. The first-order valence-electron chi connectivity index (χ1n) is 5.94. The molecule has 1 aliphatic rings. The van der Waals surface area contributed by atoms with Gasteiger partial charge in [-0.25, -0.2) is 0 Å². The predicted molar refractivity (Wildman–Crippen MR) is 65.1 cm³/mol. The predicted octanol–water partition coefficient (Wildman–Crippen LogP) is 2.93. The van der Waals surface area contributed by atoms with Crippen LogP contribution < -0.4 is 5.32 Å². The number of hydrogen-bond acceptors (Lipinski definition) is 1. The van der Waals surface area contributed by atoms with Gasteiger partial charge in [0.05, 0.1) is 0 Å². The Morgan fingerprint density at radius 2 is 1.73 bits per heavy atom. The molecule has 1 saturated heterocycles. The summed E-state index contributed by atoms with van der Waals surface area (Å²) in [5, 5.41) is 3.43. The third-order valence-electron chi connectivity index (χ3n) is 3.56. The molecule has 1 nitrogen and oxygen atoms in total. The van der Waals surface area contributed by atoms with Crippen LogP contribution >= 0.6 is 0 Å². The molecule has 0 amide bonds. The molecule has 0 atom stereocenters. The van der Waals surface area contributed by atoms with E-state index in [0.29, 0.717) is 5.41 Å². The van der Waals surface area contributed by atoms with Crippen LogP contribution in [0.3, 0.4) is 0 Å². The van der Waals surface area contributed by atoms with E-state index in [4.69, 9.17) is 0 Å². The van der Waals surface area contributed by atoms with E-state index >= 15 is 0 Å². The Kier molecular flexibility index (Phi) is 3.11. The van der Waals surface area contributed by atoms with Gasteiger partial charge in [-0.2, -0.15) is 0 Å². The van der Waals surface area contributed by atoms with Gasteiger partial charge in [0.2, 0.25) is 0 Å². The maximum Gasteiger partial charge on any atom is -0.00436 e. The topological polar surface area (TPSA) is 12.0 Å². The van der Waals surface area contributed by atoms with E-state index < -0.39 is 0 Å². The van der Waals surface area contributed by atoms with Crippen LogP contribution in [0.5, 0.6) is 0 Å². The van der Waals surface area contributed by atoms with Gasteiger partial charge >= 0.3 is 0 Å². The number of benzene rings is 1. The van der Waals surface area contributed by atoms with E-state index in [-0.39, 0.29) is 0 Å². The van der Waals surface area contributed by atoms with Crippen molar-refractivity contribution in [3.8, 4) is 0 Å². The minimum Gasteiger partial charge on any atom is -0.317 e. The lowest BCUT2D eigenvalue weighted by molar-refractivity contribution is 0.228. The monoisotopic (exact) mass is 203 g/mol. The average Bonchev–Trinajstić information content (AvgIpc) is 2.22. The Morgan fingerprint density at radius 3 is 2.33 bits per heavy atom. The number of aryl methyl sites for hydroxylation is 1. The smallest absolute Gasteiger partial charge is 0.00436 e. The van der Waals surface area contributed by atoms with Gasteiger partial charge in [-0.15, -0.1) is 0 Å². The fourth-order valence-corrected chi connectivity index (χ4v) is 2.41. The number of piperidine rings is 1. The molecule has 1 fully saturated rings. The summed E-state index contributed by atoms with van der Waals surface area (Å²) in [5.41, 5.74) is 3.36. The Labute approximate surface area is 92.9 Å². The van der Waals surface area contributed by atoms with E-state index in [1.807, 2.05) is 0 Å². The first-order valence-corrected chi connectivity index (χ1v) is 5.94. The summed E-state index contributed by atoms with van der Waals surface area (Å²) in [6.45, 7) is 6.94. The van der Waals surface area contributed by atoms with Crippen LogP contribution in [0.2, 0.25) is 0 Å². The molecule has 1 aliphatic heterocycles. The summed E-state index contributed by atoms with van der Waals surface area (Å²) < 4.78 is 0. The van der Waals surface area contributed by atoms with Crippen molar-refractivity contribution in [3.63, 3.8) is 0 Å². The summed E-state index contributed by atoms with van der Waals surface area (Å²) in [6, 6.07) is 9.00. The van der Waals surface area contributed by atoms with Crippen LogP contribution in [0.15, 0.2) is 24.3 Å². The highest BCUT2D eigenvalue weighted by Gasteiger charge is 2.26. The molecule has 1 heteroatoms. The van der Waals surface area contributed by atoms with Crippen LogP contribution in [0.25, 0.3) is 0 Å². The van der Waals surface area contributed by atoms with Crippen LogP contribution in [-0.2, 0) is 6.42 Å². The molecule has 1 heterocycles. The number of nitrogens with one attached hydrogen (secondary N) is 1. The molecule has 0 bridgehead atoms. The molecule has 0 aromatic heterocycles. The summed E-state index contributed by atoms with van der Waals surface area (Å²) in [5.74, 6) is 0. The van der Waals surface area contributed by atoms with Crippen molar-refractivity contribution >= 4 is 0 Å². The Balaban J connectivity index is 2.03. The van der Waals surface area contributed by atoms with Crippen molar-refractivity contribution in [1.29, 1.82) is 0 Å². The number of hydrogen-bond donors (Lipinski definition) is 1. The van der Waals surface area contributed by atoms with Crippen molar-refractivity contribution in [2.75, 3.05) is 13.1 Å². The van der Waals surface area contributed by atoms with E-state index in [1.165, 1.54) is 43.5 Å². The fourth-order valence-electron chi connectivity index (χ4n) is 2.41. The quantitative estimate of drug-likeness (QED) is 0.779. The molecular weight excluding hydrogens is 182 g/mol. The lowest BCUT2D eigenvalue weighted by Crippen LogP contribution is -2.36. The number of rotatable bonds is 2. The summed E-state index contributed by atoms with van der Waals surface area (Å²) in [7, 11) is 0. The molecule has 82 valence electrons. The van der Waals surface area contributed by atoms with Crippen LogP contribution in [0.4, 0.5) is 0 Å². The van der Waals surface area contributed by atoms with Gasteiger partial charge in [-0.3, -0.25) is 0 Å². The van der Waals surface area contributed by atoms with E-state index in [2.05, 4.69) is 43.4 Å². The van der Waals surface area contributed by atoms with Gasteiger partial charge in [-0.05, 0) is 50.3 Å². The molecule has 0 spiro atoms. The summed E-state index contributed by atoms with van der Waals surface area (Å²) >= 11 is 0. The summed E-state index contributed by atoms with van der Waals surface area (Å²) in [6.07, 6.45) is 3.84. The molecule has 1 N–H and O–H groups in total. The summed E-state index contributed by atoms with van der Waals surface area (Å²) in [4.78, 5) is 0. The SMILES string of the molecule is Cc1ccc(CC2(C)CCNCC2)cc1. The molecule has 0 aliphatic carbocycles. The van der Waals surface area contributed by atoms with Gasteiger partial charge in [0.15, 0.2) is 0 Å². The first kappa shape index (κ1) is 10.7. The van der Waals surface area contributed by atoms with E-state index in [9.17, 15) is 0 Å². The van der Waals surface area contributed by atoms with Gasteiger partial charge in [0.1, 0.15) is 0 Å². The molecule has 2 rings (SSSR count). The van der Waals surface area contributed by atoms with Gasteiger partial charge < -0.3 is 5.32 Å². The Bertz CT molecular complexity index is 307. The second-order valence-electron chi connectivity index (χ2n) is 5.22. The zero-order valence-electron chi connectivity index (χ0n) is 9.84. The van der Waals surface area contributed by atoms with Crippen LogP contribution in [-0.4, -0.2) is 13.1 Å². The Morgan fingerprint density at radius 1 is 1.13 bits per heavy atom. The van der Waals surface area contributed by atoms with Crippen molar-refractivity contribution < 1.29 is 0 Å². The minimum absolute atomic E-state index is 0.514. The van der Waals surface area contributed by atoms with Crippen molar-refractivity contribution in [2.45, 2.75) is 33.1 Å². The lowest BCUT2D eigenvalue weighted by atomic mass is 9.76. The third-order valence-corrected chi connectivity index (χ3v) is 3.56.